The van der Waals surface area contributed by atoms with E-state index in [1.54, 1.807) is 6.07 Å². The normalized spacial score (nSPS) is 27.1. The number of hydrogen-bond acceptors (Lipinski definition) is 3. The number of rotatable bonds is 3. The van der Waals surface area contributed by atoms with Crippen molar-refractivity contribution in [2.75, 3.05) is 18.0 Å². The van der Waals surface area contributed by atoms with Gasteiger partial charge in [-0.3, -0.25) is 14.5 Å². The number of hydrogen-bond donors (Lipinski definition) is 1. The van der Waals surface area contributed by atoms with Crippen LogP contribution in [0.15, 0.2) is 18.2 Å². The summed E-state index contributed by atoms with van der Waals surface area (Å²) in [4.78, 5) is 41.0. The van der Waals surface area contributed by atoms with Crippen LogP contribution in [0.2, 0.25) is 0 Å². The Labute approximate surface area is 164 Å². The molecule has 0 bridgehead atoms. The summed E-state index contributed by atoms with van der Waals surface area (Å²) in [6, 6.07) is 3.94. The van der Waals surface area contributed by atoms with Gasteiger partial charge in [-0.1, -0.05) is 19.4 Å². The van der Waals surface area contributed by atoms with Gasteiger partial charge in [0, 0.05) is 12.2 Å². The third-order valence-corrected chi connectivity index (χ3v) is 6.54. The lowest BCUT2D eigenvalue weighted by atomic mass is 9.75. The van der Waals surface area contributed by atoms with Gasteiger partial charge in [-0.15, -0.1) is 0 Å². The Morgan fingerprint density at radius 3 is 2.75 bits per heavy atom. The number of halogens is 1. The number of fused-ring (bicyclic) bond motifs is 1. The predicted molar refractivity (Wildman–Crippen MR) is 102 cm³/mol. The van der Waals surface area contributed by atoms with E-state index in [0.29, 0.717) is 31.0 Å². The van der Waals surface area contributed by atoms with Gasteiger partial charge in [0.15, 0.2) is 0 Å². The number of carbonyl (C=O) groups excluding carboxylic acids is 3. The Morgan fingerprint density at radius 2 is 2.04 bits per heavy atom. The summed E-state index contributed by atoms with van der Waals surface area (Å²) in [7, 11) is 0. The van der Waals surface area contributed by atoms with Crippen molar-refractivity contribution in [3.63, 3.8) is 0 Å². The summed E-state index contributed by atoms with van der Waals surface area (Å²) in [5.74, 6) is -0.461. The maximum Gasteiger partial charge on any atom is 0.325 e. The minimum absolute atomic E-state index is 0.295. The zero-order chi connectivity index (χ0) is 19.9. The number of benzene rings is 1. The number of urea groups is 1. The lowest BCUT2D eigenvalue weighted by Gasteiger charge is -2.34. The molecule has 1 spiro atoms. The van der Waals surface area contributed by atoms with Crippen LogP contribution in [0, 0.1) is 11.7 Å². The molecule has 1 aromatic rings. The van der Waals surface area contributed by atoms with Gasteiger partial charge in [-0.05, 0) is 62.1 Å². The summed E-state index contributed by atoms with van der Waals surface area (Å²) in [6.07, 6.45) is 5.69. The van der Waals surface area contributed by atoms with Crippen LogP contribution in [0.5, 0.6) is 0 Å². The molecule has 1 aromatic carbocycles. The first-order valence-corrected chi connectivity index (χ1v) is 10.2. The van der Waals surface area contributed by atoms with E-state index in [1.807, 2.05) is 0 Å². The third kappa shape index (κ3) is 3.16. The smallest absolute Gasteiger partial charge is 0.323 e. The Kier molecular flexibility index (Phi) is 4.85. The molecule has 0 radical (unpaired) electrons. The molecule has 2 fully saturated rings. The van der Waals surface area contributed by atoms with Crippen molar-refractivity contribution in [2.24, 2.45) is 5.92 Å². The molecule has 0 aromatic heterocycles. The van der Waals surface area contributed by atoms with E-state index in [1.165, 1.54) is 17.0 Å². The third-order valence-electron chi connectivity index (χ3n) is 6.54. The highest BCUT2D eigenvalue weighted by molar-refractivity contribution is 6.10. The minimum Gasteiger partial charge on any atom is -0.323 e. The second-order valence-corrected chi connectivity index (χ2v) is 8.18. The van der Waals surface area contributed by atoms with Crippen LogP contribution in [-0.2, 0) is 16.0 Å². The van der Waals surface area contributed by atoms with E-state index in [0.717, 1.165) is 42.6 Å². The fourth-order valence-electron chi connectivity index (χ4n) is 4.76. The van der Waals surface area contributed by atoms with E-state index in [-0.39, 0.29) is 18.4 Å². The highest BCUT2D eigenvalue weighted by atomic mass is 19.1. The molecule has 1 aliphatic carbocycles. The number of amides is 4. The zero-order valence-electron chi connectivity index (χ0n) is 16.2. The van der Waals surface area contributed by atoms with Crippen molar-refractivity contribution < 1.29 is 18.8 Å². The van der Waals surface area contributed by atoms with Gasteiger partial charge in [-0.25, -0.2) is 9.18 Å². The topological polar surface area (TPSA) is 69.7 Å². The molecule has 4 rings (SSSR count). The summed E-state index contributed by atoms with van der Waals surface area (Å²) >= 11 is 0. The maximum absolute atomic E-state index is 13.7. The number of anilines is 1. The monoisotopic (exact) mass is 387 g/mol. The van der Waals surface area contributed by atoms with Crippen LogP contribution in [-0.4, -0.2) is 41.4 Å². The van der Waals surface area contributed by atoms with E-state index < -0.39 is 17.4 Å². The van der Waals surface area contributed by atoms with E-state index in [4.69, 9.17) is 0 Å². The number of nitrogens with one attached hydrogen (secondary N) is 1. The number of nitrogens with zero attached hydrogens (tertiary/aromatic N) is 2. The highest BCUT2D eigenvalue weighted by Gasteiger charge is 2.52. The maximum atomic E-state index is 13.7. The fraction of sp³-hybridized carbons (Fsp3) is 0.571. The first kappa shape index (κ1) is 18.9. The molecule has 7 heteroatoms. The van der Waals surface area contributed by atoms with Gasteiger partial charge in [0.05, 0.1) is 0 Å². The molecule has 150 valence electrons. The van der Waals surface area contributed by atoms with E-state index in [2.05, 4.69) is 12.2 Å². The molecular formula is C21H26FN3O3. The summed E-state index contributed by atoms with van der Waals surface area (Å²) in [5, 5.41) is 2.86. The first-order valence-electron chi connectivity index (χ1n) is 10.2. The standard InChI is InChI=1S/C21H26FN3O3/c1-2-14-7-9-21(10-8-14)19(27)25(20(28)23-21)13-18(26)24-11-3-4-15-5-6-16(22)12-17(15)24/h5-6,12,14H,2-4,7-11,13H2,1H3,(H,23,28). The second-order valence-electron chi connectivity index (χ2n) is 8.18. The first-order chi connectivity index (χ1) is 13.4. The second kappa shape index (κ2) is 7.18. The van der Waals surface area contributed by atoms with Crippen molar-refractivity contribution in [3.05, 3.63) is 29.6 Å². The van der Waals surface area contributed by atoms with Gasteiger partial charge in [0.25, 0.3) is 5.91 Å². The molecule has 4 amide bonds. The average Bonchev–Trinajstić information content (AvgIpc) is 2.92. The summed E-state index contributed by atoms with van der Waals surface area (Å²) < 4.78 is 13.7. The number of carbonyl (C=O) groups is 3. The van der Waals surface area contributed by atoms with Crippen LogP contribution >= 0.6 is 0 Å². The fourth-order valence-corrected chi connectivity index (χ4v) is 4.76. The van der Waals surface area contributed by atoms with Crippen molar-refractivity contribution >= 4 is 23.5 Å². The summed E-state index contributed by atoms with van der Waals surface area (Å²) in [5.41, 5.74) is 0.601. The Balaban J connectivity index is 1.49. The Bertz CT molecular complexity index is 817. The molecule has 28 heavy (non-hydrogen) atoms. The number of aryl methyl sites for hydroxylation is 1. The van der Waals surface area contributed by atoms with Crippen LogP contribution in [0.3, 0.4) is 0 Å². The minimum atomic E-state index is -0.852. The average molecular weight is 387 g/mol. The van der Waals surface area contributed by atoms with Gasteiger partial charge in [0.1, 0.15) is 17.9 Å². The van der Waals surface area contributed by atoms with Crippen LogP contribution < -0.4 is 10.2 Å². The Hall–Kier alpha value is -2.44. The highest BCUT2D eigenvalue weighted by Crippen LogP contribution is 2.37. The van der Waals surface area contributed by atoms with Gasteiger partial charge in [-0.2, -0.15) is 0 Å². The van der Waals surface area contributed by atoms with Crippen molar-refractivity contribution in [2.45, 2.75) is 57.4 Å². The van der Waals surface area contributed by atoms with Crippen molar-refractivity contribution in [1.29, 1.82) is 0 Å². The van der Waals surface area contributed by atoms with Crippen molar-refractivity contribution in [3.8, 4) is 0 Å². The molecule has 1 saturated heterocycles. The molecule has 2 heterocycles. The quantitative estimate of drug-likeness (QED) is 0.811. The molecule has 0 unspecified atom stereocenters. The van der Waals surface area contributed by atoms with Crippen LogP contribution in [0.1, 0.15) is 51.0 Å². The zero-order valence-corrected chi connectivity index (χ0v) is 16.2. The summed E-state index contributed by atoms with van der Waals surface area (Å²) in [6.45, 7) is 2.30. The Morgan fingerprint density at radius 1 is 1.29 bits per heavy atom. The van der Waals surface area contributed by atoms with E-state index in [9.17, 15) is 18.8 Å². The lowest BCUT2D eigenvalue weighted by molar-refractivity contribution is -0.135. The molecule has 0 atom stereocenters. The molecule has 3 aliphatic rings. The number of imide groups is 1. The molecule has 2 aliphatic heterocycles. The lowest BCUT2D eigenvalue weighted by Crippen LogP contribution is -2.50. The SMILES string of the molecule is CCC1CCC2(CC1)NC(=O)N(CC(=O)N1CCCc3ccc(F)cc31)C2=O. The van der Waals surface area contributed by atoms with Gasteiger partial charge >= 0.3 is 6.03 Å². The predicted octanol–water partition coefficient (Wildman–Crippen LogP) is 3.00. The van der Waals surface area contributed by atoms with Crippen molar-refractivity contribution in [1.82, 2.24) is 10.2 Å². The molecular weight excluding hydrogens is 361 g/mol. The van der Waals surface area contributed by atoms with Crippen LogP contribution in [0.4, 0.5) is 14.9 Å². The molecule has 6 nitrogen and oxygen atoms in total. The molecule has 1 N–H and O–H groups in total. The molecule has 1 saturated carbocycles. The van der Waals surface area contributed by atoms with Gasteiger partial charge in [0.2, 0.25) is 5.91 Å². The van der Waals surface area contributed by atoms with Gasteiger partial charge < -0.3 is 10.2 Å². The largest absolute Gasteiger partial charge is 0.325 e. The van der Waals surface area contributed by atoms with Crippen LogP contribution in [0.25, 0.3) is 0 Å². The van der Waals surface area contributed by atoms with E-state index >= 15 is 0 Å².